The second-order valence-corrected chi connectivity index (χ2v) is 10.6. The average molecular weight is 649 g/mol. The van der Waals surface area contributed by atoms with Crippen LogP contribution in [0.5, 0.6) is 5.75 Å². The molecule has 0 fully saturated rings. The predicted octanol–water partition coefficient (Wildman–Crippen LogP) is -3.82. The summed E-state index contributed by atoms with van der Waals surface area (Å²) in [7, 11) is 2.93. The maximum absolute atomic E-state index is 13.8. The highest BCUT2D eigenvalue weighted by Crippen LogP contribution is 2.14. The van der Waals surface area contributed by atoms with E-state index in [-0.39, 0.29) is 62.9 Å². The number of carbonyl (C=O) groups excluding carboxylic acids is 5. The molecule has 5 amide bonds. The number of phenolic OH excluding ortho intramolecular Hbond substituents is 1. The molecule has 0 aliphatic heterocycles. The van der Waals surface area contributed by atoms with Gasteiger partial charge in [0.15, 0.2) is 11.9 Å². The summed E-state index contributed by atoms with van der Waals surface area (Å²) in [5, 5.41) is 17.7. The van der Waals surface area contributed by atoms with Crippen molar-refractivity contribution in [3.8, 4) is 5.75 Å². The SMILES string of the molecule is CN[C@@H](CCCN=C(N)N)C(=O)N[C@@H](CCC(N)=O)C(=O)N(C)[C@@H](CCCN=C(N)N)C(=O)N[C@@H](Cc1ccc(O)cc1)C(N)=O. The Labute approximate surface area is 267 Å². The number of nitrogens with one attached hydrogen (secondary N) is 3. The first-order valence-electron chi connectivity index (χ1n) is 14.7. The predicted molar refractivity (Wildman–Crippen MR) is 173 cm³/mol. The molecule has 1 rings (SSSR count). The largest absolute Gasteiger partial charge is 0.508 e. The summed E-state index contributed by atoms with van der Waals surface area (Å²) in [6.45, 7) is 0.433. The summed E-state index contributed by atoms with van der Waals surface area (Å²) >= 11 is 0. The second kappa shape index (κ2) is 20.0. The lowest BCUT2D eigenvalue weighted by atomic mass is 10.0. The van der Waals surface area contributed by atoms with E-state index in [0.29, 0.717) is 18.4 Å². The normalized spacial score (nSPS) is 13.3. The number of likely N-dealkylation sites (N-methyl/N-ethyl adjacent to an activating group) is 2. The van der Waals surface area contributed by atoms with Gasteiger partial charge in [-0.25, -0.2) is 0 Å². The van der Waals surface area contributed by atoms with Crippen molar-refractivity contribution in [3.05, 3.63) is 29.8 Å². The summed E-state index contributed by atoms with van der Waals surface area (Å²) in [6.07, 6.45) is 0.778. The van der Waals surface area contributed by atoms with E-state index in [9.17, 15) is 29.1 Å². The average Bonchev–Trinajstić information content (AvgIpc) is 2.98. The van der Waals surface area contributed by atoms with Crippen LogP contribution < -0.4 is 50.4 Å². The van der Waals surface area contributed by atoms with E-state index in [4.69, 9.17) is 34.4 Å². The molecule has 1 aromatic rings. The van der Waals surface area contributed by atoms with Crippen LogP contribution in [0.1, 0.15) is 44.1 Å². The van der Waals surface area contributed by atoms with Crippen molar-refractivity contribution < 1.29 is 29.1 Å². The lowest BCUT2D eigenvalue weighted by Crippen LogP contribution is -2.58. The fourth-order valence-electron chi connectivity index (χ4n) is 4.48. The number of guanidine groups is 2. The van der Waals surface area contributed by atoms with Crippen LogP contribution in [-0.4, -0.2) is 103 Å². The number of carbonyl (C=O) groups is 5. The highest BCUT2D eigenvalue weighted by Gasteiger charge is 2.34. The van der Waals surface area contributed by atoms with Crippen molar-refractivity contribution in [1.82, 2.24) is 20.9 Å². The maximum Gasteiger partial charge on any atom is 0.245 e. The minimum Gasteiger partial charge on any atom is -0.508 e. The lowest BCUT2D eigenvalue weighted by Gasteiger charge is -2.32. The number of nitrogens with two attached hydrogens (primary N) is 6. The second-order valence-electron chi connectivity index (χ2n) is 10.6. The smallest absolute Gasteiger partial charge is 0.245 e. The molecule has 0 aromatic heterocycles. The Balaban J connectivity index is 3.23. The third-order valence-electron chi connectivity index (χ3n) is 6.99. The molecule has 18 nitrogen and oxygen atoms in total. The Morgan fingerprint density at radius 3 is 1.83 bits per heavy atom. The van der Waals surface area contributed by atoms with E-state index < -0.39 is 53.7 Å². The van der Waals surface area contributed by atoms with Crippen molar-refractivity contribution >= 4 is 41.5 Å². The van der Waals surface area contributed by atoms with Gasteiger partial charge in [-0.2, -0.15) is 0 Å². The number of aromatic hydroxyl groups is 1. The van der Waals surface area contributed by atoms with Crippen LogP contribution in [0.15, 0.2) is 34.3 Å². The summed E-state index contributed by atoms with van der Waals surface area (Å²) in [4.78, 5) is 73.4. The number of primary amides is 2. The molecule has 0 bridgehead atoms. The van der Waals surface area contributed by atoms with Gasteiger partial charge in [0.25, 0.3) is 0 Å². The zero-order chi connectivity index (χ0) is 34.8. The zero-order valence-corrected chi connectivity index (χ0v) is 26.3. The van der Waals surface area contributed by atoms with Gasteiger partial charge >= 0.3 is 0 Å². The van der Waals surface area contributed by atoms with Crippen LogP contribution >= 0.6 is 0 Å². The number of aliphatic imine (C=N–C) groups is 2. The molecule has 0 aliphatic rings. The van der Waals surface area contributed by atoms with Crippen molar-refractivity contribution in [2.75, 3.05) is 27.2 Å². The third-order valence-corrected chi connectivity index (χ3v) is 6.99. The number of hydrogen-bond donors (Lipinski definition) is 10. The molecule has 0 aliphatic carbocycles. The topological polar surface area (TPSA) is 326 Å². The molecule has 256 valence electrons. The van der Waals surface area contributed by atoms with Crippen molar-refractivity contribution in [1.29, 1.82) is 0 Å². The molecule has 0 spiro atoms. The number of nitrogens with zero attached hydrogens (tertiary/aromatic N) is 3. The minimum atomic E-state index is -1.23. The summed E-state index contributed by atoms with van der Waals surface area (Å²) < 4.78 is 0. The third kappa shape index (κ3) is 14.6. The minimum absolute atomic E-state index is 0.0195. The Morgan fingerprint density at radius 2 is 1.33 bits per heavy atom. The van der Waals surface area contributed by atoms with Crippen LogP contribution in [0.4, 0.5) is 0 Å². The molecule has 0 saturated heterocycles. The summed E-state index contributed by atoms with van der Waals surface area (Å²) in [5.74, 6) is -3.63. The summed E-state index contributed by atoms with van der Waals surface area (Å²) in [5.41, 5.74) is 33.0. The van der Waals surface area contributed by atoms with Gasteiger partial charge in [-0.15, -0.1) is 0 Å². The Morgan fingerprint density at radius 1 is 0.783 bits per heavy atom. The van der Waals surface area contributed by atoms with E-state index >= 15 is 0 Å². The molecule has 46 heavy (non-hydrogen) atoms. The molecule has 4 atom stereocenters. The van der Waals surface area contributed by atoms with Gasteiger partial charge in [-0.1, -0.05) is 12.1 Å². The van der Waals surface area contributed by atoms with Gasteiger partial charge in [0.2, 0.25) is 29.5 Å². The van der Waals surface area contributed by atoms with Gasteiger partial charge in [-0.05, 0) is 56.8 Å². The van der Waals surface area contributed by atoms with E-state index in [0.717, 1.165) is 4.90 Å². The maximum atomic E-state index is 13.8. The monoisotopic (exact) mass is 648 g/mol. The first-order valence-corrected chi connectivity index (χ1v) is 14.7. The highest BCUT2D eigenvalue weighted by molar-refractivity contribution is 5.95. The number of amides is 5. The molecule has 0 saturated carbocycles. The summed E-state index contributed by atoms with van der Waals surface area (Å²) in [6, 6.07) is 1.75. The Kier molecular flexibility index (Phi) is 16.9. The van der Waals surface area contributed by atoms with Crippen molar-refractivity contribution in [3.63, 3.8) is 0 Å². The van der Waals surface area contributed by atoms with Crippen LogP contribution in [0, 0.1) is 0 Å². The van der Waals surface area contributed by atoms with Crippen LogP contribution in [0.2, 0.25) is 0 Å². The molecule has 0 radical (unpaired) electrons. The molecule has 0 unspecified atom stereocenters. The van der Waals surface area contributed by atoms with E-state index in [1.54, 1.807) is 19.2 Å². The van der Waals surface area contributed by atoms with E-state index in [1.165, 1.54) is 19.2 Å². The van der Waals surface area contributed by atoms with Gasteiger partial charge in [0.1, 0.15) is 23.9 Å². The standard InChI is InChI=1S/C28H48N12O6/c1-35-18(5-3-13-36-27(31)32)24(44)38-19(11-12-22(29)42)26(46)40(2)21(6-4-14-37-28(33)34)25(45)39-20(23(30)43)15-16-7-9-17(41)10-8-16/h7-10,18-21,35,41H,3-6,11-15H2,1-2H3,(H2,29,42)(H2,30,43)(H,38,44)(H,39,45)(H4,31,32,36)(H4,33,34,37)/t18-,19-,20-,21-/m0/s1. The van der Waals surface area contributed by atoms with Gasteiger partial charge in [0, 0.05) is 33.0 Å². The molecule has 0 heterocycles. The van der Waals surface area contributed by atoms with E-state index in [2.05, 4.69) is 25.9 Å². The first-order chi connectivity index (χ1) is 21.7. The van der Waals surface area contributed by atoms with Crippen molar-refractivity contribution in [2.24, 2.45) is 44.4 Å². The molecule has 1 aromatic carbocycles. The van der Waals surface area contributed by atoms with Crippen LogP contribution in [-0.2, 0) is 30.4 Å². The molecule has 18 heteroatoms. The fraction of sp³-hybridized carbons (Fsp3) is 0.536. The number of benzene rings is 1. The quantitative estimate of drug-likeness (QED) is 0.0350. The van der Waals surface area contributed by atoms with E-state index in [1.807, 2.05) is 0 Å². The van der Waals surface area contributed by atoms with Gasteiger partial charge in [-0.3, -0.25) is 34.0 Å². The number of rotatable bonds is 21. The lowest BCUT2D eigenvalue weighted by molar-refractivity contribution is -0.143. The van der Waals surface area contributed by atoms with Crippen molar-refractivity contribution in [2.45, 2.75) is 69.1 Å². The zero-order valence-electron chi connectivity index (χ0n) is 26.3. The van der Waals surface area contributed by atoms with Gasteiger partial charge in [0.05, 0.1) is 6.04 Å². The van der Waals surface area contributed by atoms with Crippen LogP contribution in [0.3, 0.4) is 0 Å². The molecular formula is C28H48N12O6. The highest BCUT2D eigenvalue weighted by atomic mass is 16.3. The van der Waals surface area contributed by atoms with Crippen LogP contribution in [0.25, 0.3) is 0 Å². The Hall–Kier alpha value is -5.13. The number of phenols is 1. The molecular weight excluding hydrogens is 600 g/mol. The number of hydrogen-bond acceptors (Lipinski definition) is 9. The molecule has 16 N–H and O–H groups in total. The Bertz CT molecular complexity index is 1230. The first kappa shape index (κ1) is 38.9. The fourth-order valence-corrected chi connectivity index (χ4v) is 4.48. The van der Waals surface area contributed by atoms with Gasteiger partial charge < -0.3 is 60.4 Å².